The maximum atomic E-state index is 11.2. The van der Waals surface area contributed by atoms with Gasteiger partial charge in [0.1, 0.15) is 5.75 Å². The van der Waals surface area contributed by atoms with Crippen molar-refractivity contribution in [1.82, 2.24) is 4.98 Å². The minimum absolute atomic E-state index is 0.344. The van der Waals surface area contributed by atoms with E-state index in [0.717, 1.165) is 21.3 Å². The van der Waals surface area contributed by atoms with Crippen LogP contribution in [-0.2, 0) is 6.42 Å². The summed E-state index contributed by atoms with van der Waals surface area (Å²) in [6.45, 7) is 1.96. The predicted octanol–water partition coefficient (Wildman–Crippen LogP) is 5.28. The van der Waals surface area contributed by atoms with Crippen LogP contribution in [0.2, 0.25) is 0 Å². The second-order valence-electron chi connectivity index (χ2n) is 4.99. The van der Waals surface area contributed by atoms with Crippen LogP contribution in [0.3, 0.4) is 0 Å². The fourth-order valence-electron chi connectivity index (χ4n) is 2.64. The van der Waals surface area contributed by atoms with Crippen LogP contribution in [0, 0.1) is 0 Å². The first-order valence-corrected chi connectivity index (χ1v) is 7.98. The molecule has 0 fully saturated rings. The van der Waals surface area contributed by atoms with Crippen molar-refractivity contribution < 1.29 is 14.6 Å². The standard InChI is InChI=1S/C18H14BrNO3/c1-2-12-16(11-7-4-3-5-8-11)20-14-10-6-9-13(19)15(14)17(12)23-18(21)22/h3-10H,2H2,1H3,(H,21,22). The molecule has 2 aromatic carbocycles. The molecule has 3 rings (SSSR count). The highest BCUT2D eigenvalue weighted by Crippen LogP contribution is 2.39. The summed E-state index contributed by atoms with van der Waals surface area (Å²) in [4.78, 5) is 15.9. The number of carbonyl (C=O) groups is 1. The monoisotopic (exact) mass is 371 g/mol. The Labute approximate surface area is 141 Å². The predicted molar refractivity (Wildman–Crippen MR) is 92.9 cm³/mol. The number of halogens is 1. The fraction of sp³-hybridized carbons (Fsp3) is 0.111. The van der Waals surface area contributed by atoms with Gasteiger partial charge in [0.05, 0.1) is 16.6 Å². The number of pyridine rings is 1. The molecule has 0 saturated carbocycles. The Kier molecular flexibility index (Phi) is 4.30. The second-order valence-corrected chi connectivity index (χ2v) is 5.84. The molecule has 1 heterocycles. The zero-order chi connectivity index (χ0) is 16.4. The lowest BCUT2D eigenvalue weighted by atomic mass is 10.00. The zero-order valence-electron chi connectivity index (χ0n) is 12.4. The number of hydrogen-bond acceptors (Lipinski definition) is 3. The van der Waals surface area contributed by atoms with E-state index in [1.807, 2.05) is 55.5 Å². The Morgan fingerprint density at radius 3 is 2.57 bits per heavy atom. The topological polar surface area (TPSA) is 59.4 Å². The third-order valence-electron chi connectivity index (χ3n) is 3.60. The minimum atomic E-state index is -1.33. The van der Waals surface area contributed by atoms with E-state index in [9.17, 15) is 4.79 Å². The first-order chi connectivity index (χ1) is 11.1. The summed E-state index contributed by atoms with van der Waals surface area (Å²) in [6.07, 6.45) is -0.723. The quantitative estimate of drug-likeness (QED) is 0.635. The van der Waals surface area contributed by atoms with E-state index in [0.29, 0.717) is 23.1 Å². The number of nitrogens with zero attached hydrogens (tertiary/aromatic N) is 1. The zero-order valence-corrected chi connectivity index (χ0v) is 14.0. The van der Waals surface area contributed by atoms with Crippen molar-refractivity contribution in [3.05, 3.63) is 58.6 Å². The highest BCUT2D eigenvalue weighted by Gasteiger charge is 2.20. The third kappa shape index (κ3) is 2.92. The molecule has 1 N–H and O–H groups in total. The minimum Gasteiger partial charge on any atom is -0.449 e. The Bertz CT molecular complexity index is 878. The van der Waals surface area contributed by atoms with E-state index >= 15 is 0 Å². The van der Waals surface area contributed by atoms with Gasteiger partial charge in [-0.05, 0) is 34.5 Å². The molecule has 1 aromatic heterocycles. The molecular formula is C18H14BrNO3. The summed E-state index contributed by atoms with van der Waals surface area (Å²) in [7, 11) is 0. The van der Waals surface area contributed by atoms with E-state index in [1.54, 1.807) is 0 Å². The van der Waals surface area contributed by atoms with Gasteiger partial charge in [-0.3, -0.25) is 0 Å². The number of carboxylic acid groups (broad SMARTS) is 1. The van der Waals surface area contributed by atoms with E-state index in [2.05, 4.69) is 15.9 Å². The summed E-state index contributed by atoms with van der Waals surface area (Å²) in [6, 6.07) is 15.3. The average molecular weight is 372 g/mol. The van der Waals surface area contributed by atoms with E-state index in [1.165, 1.54) is 0 Å². The lowest BCUT2D eigenvalue weighted by Gasteiger charge is -2.15. The van der Waals surface area contributed by atoms with Crippen molar-refractivity contribution in [2.24, 2.45) is 0 Å². The molecule has 3 aromatic rings. The summed E-state index contributed by atoms with van der Waals surface area (Å²) < 4.78 is 5.90. The van der Waals surface area contributed by atoms with Crippen LogP contribution in [0.25, 0.3) is 22.2 Å². The molecule has 0 aliphatic rings. The van der Waals surface area contributed by atoms with Crippen LogP contribution in [0.15, 0.2) is 53.0 Å². The molecule has 0 spiro atoms. The highest BCUT2D eigenvalue weighted by molar-refractivity contribution is 9.10. The maximum absolute atomic E-state index is 11.2. The summed E-state index contributed by atoms with van der Waals surface area (Å²) in [5.74, 6) is 0.344. The van der Waals surface area contributed by atoms with Gasteiger partial charge in [0.25, 0.3) is 0 Å². The Morgan fingerprint density at radius 2 is 1.91 bits per heavy atom. The highest BCUT2D eigenvalue weighted by atomic mass is 79.9. The van der Waals surface area contributed by atoms with Gasteiger partial charge in [-0.25, -0.2) is 9.78 Å². The van der Waals surface area contributed by atoms with Crippen LogP contribution < -0.4 is 4.74 Å². The van der Waals surface area contributed by atoms with Crippen LogP contribution in [-0.4, -0.2) is 16.2 Å². The van der Waals surface area contributed by atoms with Crippen LogP contribution in [0.5, 0.6) is 5.75 Å². The molecule has 0 unspecified atom stereocenters. The Hall–Kier alpha value is -2.40. The number of aromatic nitrogens is 1. The lowest BCUT2D eigenvalue weighted by molar-refractivity contribution is 0.144. The molecule has 0 amide bonds. The molecule has 0 aliphatic heterocycles. The molecule has 23 heavy (non-hydrogen) atoms. The number of hydrogen-bond donors (Lipinski definition) is 1. The summed E-state index contributed by atoms with van der Waals surface area (Å²) in [5, 5.41) is 9.81. The van der Waals surface area contributed by atoms with Crippen LogP contribution in [0.4, 0.5) is 4.79 Å². The molecule has 0 bridgehead atoms. The van der Waals surface area contributed by atoms with Gasteiger partial charge in [-0.1, -0.05) is 43.3 Å². The SMILES string of the molecule is CCc1c(-c2ccccc2)nc2cccc(Br)c2c1OC(=O)O. The van der Waals surface area contributed by atoms with Gasteiger partial charge < -0.3 is 9.84 Å². The summed E-state index contributed by atoms with van der Waals surface area (Å²) in [5.41, 5.74) is 3.14. The smallest absolute Gasteiger partial charge is 0.449 e. The van der Waals surface area contributed by atoms with Crippen molar-refractivity contribution in [2.75, 3.05) is 0 Å². The van der Waals surface area contributed by atoms with Gasteiger partial charge in [-0.2, -0.15) is 0 Å². The number of benzene rings is 2. The maximum Gasteiger partial charge on any atom is 0.511 e. The van der Waals surface area contributed by atoms with Crippen molar-refractivity contribution in [2.45, 2.75) is 13.3 Å². The van der Waals surface area contributed by atoms with Crippen molar-refractivity contribution >= 4 is 33.0 Å². The average Bonchev–Trinajstić information content (AvgIpc) is 2.54. The Balaban J connectivity index is 2.40. The van der Waals surface area contributed by atoms with Gasteiger partial charge in [0.2, 0.25) is 0 Å². The normalized spacial score (nSPS) is 10.7. The van der Waals surface area contributed by atoms with E-state index in [4.69, 9.17) is 14.8 Å². The number of rotatable bonds is 3. The van der Waals surface area contributed by atoms with E-state index < -0.39 is 6.16 Å². The first-order valence-electron chi connectivity index (χ1n) is 7.19. The fourth-order valence-corrected chi connectivity index (χ4v) is 3.18. The van der Waals surface area contributed by atoms with Gasteiger partial charge >= 0.3 is 6.16 Å². The van der Waals surface area contributed by atoms with Gasteiger partial charge in [-0.15, -0.1) is 0 Å². The molecular weight excluding hydrogens is 358 g/mol. The van der Waals surface area contributed by atoms with Crippen molar-refractivity contribution in [1.29, 1.82) is 0 Å². The third-order valence-corrected chi connectivity index (χ3v) is 4.26. The van der Waals surface area contributed by atoms with Crippen LogP contribution >= 0.6 is 15.9 Å². The van der Waals surface area contributed by atoms with E-state index in [-0.39, 0.29) is 0 Å². The molecule has 0 radical (unpaired) electrons. The van der Waals surface area contributed by atoms with Crippen LogP contribution in [0.1, 0.15) is 12.5 Å². The second kappa shape index (κ2) is 6.38. The largest absolute Gasteiger partial charge is 0.511 e. The molecule has 0 aliphatic carbocycles. The molecule has 116 valence electrons. The molecule has 0 atom stereocenters. The number of fused-ring (bicyclic) bond motifs is 1. The summed E-state index contributed by atoms with van der Waals surface area (Å²) >= 11 is 3.47. The molecule has 5 heteroatoms. The van der Waals surface area contributed by atoms with Crippen molar-refractivity contribution in [3.8, 4) is 17.0 Å². The lowest BCUT2D eigenvalue weighted by Crippen LogP contribution is -2.08. The molecule has 4 nitrogen and oxygen atoms in total. The van der Waals surface area contributed by atoms with Crippen molar-refractivity contribution in [3.63, 3.8) is 0 Å². The number of ether oxygens (including phenoxy) is 1. The molecule has 0 saturated heterocycles. The Morgan fingerprint density at radius 1 is 1.17 bits per heavy atom. The van der Waals surface area contributed by atoms with Gasteiger partial charge in [0.15, 0.2) is 0 Å². The van der Waals surface area contributed by atoms with Gasteiger partial charge in [0, 0.05) is 15.6 Å². The first kappa shape index (κ1) is 15.5.